The summed E-state index contributed by atoms with van der Waals surface area (Å²) in [5.74, 6) is 1.18. The van der Waals surface area contributed by atoms with Crippen LogP contribution < -0.4 is 4.90 Å². The van der Waals surface area contributed by atoms with Crippen molar-refractivity contribution in [1.29, 1.82) is 0 Å². The zero-order valence-electron chi connectivity index (χ0n) is 11.4. The minimum absolute atomic E-state index is 0.308. The lowest BCUT2D eigenvalue weighted by Crippen LogP contribution is -2.30. The van der Waals surface area contributed by atoms with Crippen molar-refractivity contribution in [3.63, 3.8) is 0 Å². The Kier molecular flexibility index (Phi) is 8.14. The van der Waals surface area contributed by atoms with Gasteiger partial charge in [-0.2, -0.15) is 0 Å². The zero-order chi connectivity index (χ0) is 14.1. The first kappa shape index (κ1) is 16.5. The molecule has 0 aliphatic rings. The number of rotatable bonds is 9. The Morgan fingerprint density at radius 1 is 1.16 bits per heavy atom. The van der Waals surface area contributed by atoms with Gasteiger partial charge in [0.1, 0.15) is 5.82 Å². The monoisotopic (exact) mass is 306 g/mol. The Labute approximate surface area is 124 Å². The van der Waals surface area contributed by atoms with E-state index < -0.39 is 0 Å². The van der Waals surface area contributed by atoms with Gasteiger partial charge < -0.3 is 14.4 Å². The summed E-state index contributed by atoms with van der Waals surface area (Å²) in [5, 5.41) is 0.599. The summed E-state index contributed by atoms with van der Waals surface area (Å²) >= 11 is 11.9. The smallest absolute Gasteiger partial charge is 0.129 e. The summed E-state index contributed by atoms with van der Waals surface area (Å²) in [6.07, 6.45) is 0.931. The minimum atomic E-state index is 0.308. The highest BCUT2D eigenvalue weighted by Crippen LogP contribution is 2.20. The molecule has 0 aliphatic heterocycles. The molecule has 0 N–H and O–H groups in total. The van der Waals surface area contributed by atoms with Crippen molar-refractivity contribution in [3.05, 3.63) is 22.8 Å². The van der Waals surface area contributed by atoms with Crippen LogP contribution in [0, 0.1) is 0 Å². The fraction of sp³-hybridized carbons (Fsp3) is 0.615. The van der Waals surface area contributed by atoms with Gasteiger partial charge in [0.15, 0.2) is 0 Å². The predicted octanol–water partition coefficient (Wildman–Crippen LogP) is 2.96. The first-order valence-corrected chi connectivity index (χ1v) is 7.08. The van der Waals surface area contributed by atoms with Crippen molar-refractivity contribution in [2.24, 2.45) is 0 Å². The molecule has 6 heteroatoms. The van der Waals surface area contributed by atoms with Crippen molar-refractivity contribution in [2.75, 3.05) is 45.4 Å². The second-order valence-corrected chi connectivity index (χ2v) is 4.73. The Morgan fingerprint density at radius 3 is 2.53 bits per heavy atom. The topological polar surface area (TPSA) is 34.6 Å². The van der Waals surface area contributed by atoms with Crippen molar-refractivity contribution in [3.8, 4) is 0 Å². The van der Waals surface area contributed by atoms with Gasteiger partial charge in [-0.1, -0.05) is 11.6 Å². The summed E-state index contributed by atoms with van der Waals surface area (Å²) in [4.78, 5) is 6.64. The van der Waals surface area contributed by atoms with Gasteiger partial charge in [-0.3, -0.25) is 0 Å². The van der Waals surface area contributed by atoms with Crippen molar-refractivity contribution in [2.45, 2.75) is 12.3 Å². The Bertz CT molecular complexity index is 378. The number of aromatic nitrogens is 1. The molecule has 108 valence electrons. The molecular weight excluding hydrogens is 287 g/mol. The molecular formula is C13H20Cl2N2O2. The fourth-order valence-corrected chi connectivity index (χ4v) is 2.13. The number of methoxy groups -OCH3 is 2. The highest BCUT2D eigenvalue weighted by Gasteiger charge is 2.10. The lowest BCUT2D eigenvalue weighted by atomic mass is 10.3. The molecule has 0 bridgehead atoms. The van der Waals surface area contributed by atoms with Gasteiger partial charge in [0.25, 0.3) is 0 Å². The Hall–Kier alpha value is -0.550. The average molecular weight is 307 g/mol. The third kappa shape index (κ3) is 5.53. The summed E-state index contributed by atoms with van der Waals surface area (Å²) in [5.41, 5.74) is 0.704. The van der Waals surface area contributed by atoms with Crippen molar-refractivity contribution < 1.29 is 9.47 Å². The molecule has 0 fully saturated rings. The number of hydrogen-bond acceptors (Lipinski definition) is 4. The summed E-state index contributed by atoms with van der Waals surface area (Å²) in [6.45, 7) is 3.00. The minimum Gasteiger partial charge on any atom is -0.385 e. The van der Waals surface area contributed by atoms with E-state index in [1.54, 1.807) is 14.2 Å². The molecule has 0 amide bonds. The SMILES string of the molecule is COCCCN(CCOC)c1ccc(Cl)c(CCl)n1. The Morgan fingerprint density at radius 2 is 1.89 bits per heavy atom. The number of nitrogens with zero attached hydrogens (tertiary/aromatic N) is 2. The number of anilines is 1. The van der Waals surface area contributed by atoms with Crippen LogP contribution in [0.2, 0.25) is 5.02 Å². The quantitative estimate of drug-likeness (QED) is 0.519. The molecule has 1 rings (SSSR count). The first-order chi connectivity index (χ1) is 9.22. The summed E-state index contributed by atoms with van der Waals surface area (Å²) < 4.78 is 10.2. The van der Waals surface area contributed by atoms with Crippen LogP contribution in [0.1, 0.15) is 12.1 Å². The molecule has 0 atom stereocenters. The van der Waals surface area contributed by atoms with E-state index in [0.29, 0.717) is 23.2 Å². The third-order valence-corrected chi connectivity index (χ3v) is 3.29. The zero-order valence-corrected chi connectivity index (χ0v) is 12.9. The Balaban J connectivity index is 2.76. The van der Waals surface area contributed by atoms with Crippen LogP contribution in [0.3, 0.4) is 0 Å². The van der Waals surface area contributed by atoms with Crippen LogP contribution in [0.15, 0.2) is 12.1 Å². The summed E-state index contributed by atoms with van der Waals surface area (Å²) in [7, 11) is 3.39. The molecule has 1 aromatic rings. The third-order valence-electron chi connectivity index (χ3n) is 2.70. The average Bonchev–Trinajstić information content (AvgIpc) is 2.43. The lowest BCUT2D eigenvalue weighted by Gasteiger charge is -2.24. The molecule has 19 heavy (non-hydrogen) atoms. The van der Waals surface area contributed by atoms with E-state index in [0.717, 1.165) is 31.9 Å². The lowest BCUT2D eigenvalue weighted by molar-refractivity contribution is 0.191. The van der Waals surface area contributed by atoms with E-state index in [2.05, 4.69) is 9.88 Å². The highest BCUT2D eigenvalue weighted by atomic mass is 35.5. The van der Waals surface area contributed by atoms with E-state index in [-0.39, 0.29) is 0 Å². The van der Waals surface area contributed by atoms with Crippen LogP contribution in [0.25, 0.3) is 0 Å². The highest BCUT2D eigenvalue weighted by molar-refractivity contribution is 6.32. The molecule has 1 aromatic heterocycles. The van der Waals surface area contributed by atoms with Crippen molar-refractivity contribution >= 4 is 29.0 Å². The number of halogens is 2. The molecule has 4 nitrogen and oxygen atoms in total. The number of ether oxygens (including phenoxy) is 2. The van der Waals surface area contributed by atoms with Crippen LogP contribution in [0.5, 0.6) is 0 Å². The van der Waals surface area contributed by atoms with E-state index in [1.807, 2.05) is 12.1 Å². The van der Waals surface area contributed by atoms with Gasteiger partial charge in [-0.15, -0.1) is 11.6 Å². The van der Waals surface area contributed by atoms with Gasteiger partial charge >= 0.3 is 0 Å². The van der Waals surface area contributed by atoms with Crippen LogP contribution in [-0.2, 0) is 15.4 Å². The normalized spacial score (nSPS) is 10.7. The maximum absolute atomic E-state index is 6.02. The van der Waals surface area contributed by atoms with Gasteiger partial charge in [0, 0.05) is 33.9 Å². The molecule has 0 saturated heterocycles. The van der Waals surface area contributed by atoms with Gasteiger partial charge in [-0.25, -0.2) is 4.98 Å². The fourth-order valence-electron chi connectivity index (χ4n) is 1.68. The molecule has 0 aromatic carbocycles. The van der Waals surface area contributed by atoms with E-state index in [1.165, 1.54) is 0 Å². The summed E-state index contributed by atoms with van der Waals surface area (Å²) in [6, 6.07) is 3.73. The van der Waals surface area contributed by atoms with E-state index in [9.17, 15) is 0 Å². The molecule has 0 spiro atoms. The van der Waals surface area contributed by atoms with Gasteiger partial charge in [0.2, 0.25) is 0 Å². The number of pyridine rings is 1. The van der Waals surface area contributed by atoms with E-state index >= 15 is 0 Å². The standard InChI is InChI=1S/C13H20Cl2N2O2/c1-18-8-3-6-17(7-9-19-2)13-5-4-11(15)12(10-14)16-13/h4-5H,3,6-10H2,1-2H3. The second-order valence-electron chi connectivity index (χ2n) is 4.06. The first-order valence-electron chi connectivity index (χ1n) is 6.17. The maximum atomic E-state index is 6.02. The molecule has 0 saturated carbocycles. The van der Waals surface area contributed by atoms with Crippen LogP contribution in [0.4, 0.5) is 5.82 Å². The van der Waals surface area contributed by atoms with Gasteiger partial charge in [0.05, 0.1) is 23.2 Å². The molecule has 0 unspecified atom stereocenters. The van der Waals surface area contributed by atoms with Crippen LogP contribution in [-0.4, -0.2) is 45.5 Å². The largest absolute Gasteiger partial charge is 0.385 e. The molecule has 0 radical (unpaired) electrons. The van der Waals surface area contributed by atoms with Crippen molar-refractivity contribution in [1.82, 2.24) is 4.98 Å². The molecule has 1 heterocycles. The predicted molar refractivity (Wildman–Crippen MR) is 79.4 cm³/mol. The maximum Gasteiger partial charge on any atom is 0.129 e. The van der Waals surface area contributed by atoms with E-state index in [4.69, 9.17) is 32.7 Å². The number of hydrogen-bond donors (Lipinski definition) is 0. The number of alkyl halides is 1. The van der Waals surface area contributed by atoms with Gasteiger partial charge in [-0.05, 0) is 18.6 Å². The van der Waals surface area contributed by atoms with Crippen LogP contribution >= 0.6 is 23.2 Å². The second kappa shape index (κ2) is 9.37. The molecule has 0 aliphatic carbocycles.